The van der Waals surface area contributed by atoms with E-state index in [-0.39, 0.29) is 0 Å². The van der Waals surface area contributed by atoms with Crippen LogP contribution in [0.2, 0.25) is 0 Å². The molecule has 0 bridgehead atoms. The Morgan fingerprint density at radius 1 is 1.21 bits per heavy atom. The van der Waals surface area contributed by atoms with E-state index in [2.05, 4.69) is 15.4 Å². The molecular formula is C13H16N4O2. The minimum absolute atomic E-state index is 0.296. The molecule has 0 unspecified atom stereocenters. The Balaban J connectivity index is 2.17. The second-order valence-corrected chi connectivity index (χ2v) is 3.76. The highest BCUT2D eigenvalue weighted by Gasteiger charge is 2.06. The number of para-hydroxylation sites is 2. The van der Waals surface area contributed by atoms with E-state index in [1.807, 2.05) is 31.2 Å². The fraction of sp³-hybridized carbons (Fsp3) is 0.231. The van der Waals surface area contributed by atoms with Crippen molar-refractivity contribution in [3.05, 3.63) is 36.5 Å². The molecule has 0 spiro atoms. The van der Waals surface area contributed by atoms with Crippen LogP contribution in [0.15, 0.2) is 36.5 Å². The molecule has 1 aromatic heterocycles. The average molecular weight is 260 g/mol. The molecular weight excluding hydrogens is 244 g/mol. The second kappa shape index (κ2) is 6.55. The van der Waals surface area contributed by atoms with Crippen molar-refractivity contribution in [2.45, 2.75) is 13.3 Å². The number of ether oxygens (including phenoxy) is 2. The Morgan fingerprint density at radius 2 is 2.00 bits per heavy atom. The van der Waals surface area contributed by atoms with Gasteiger partial charge in [0.15, 0.2) is 11.5 Å². The molecule has 0 fully saturated rings. The Kier molecular flexibility index (Phi) is 4.52. The highest BCUT2D eigenvalue weighted by atomic mass is 16.5. The minimum Gasteiger partial charge on any atom is -0.490 e. The first-order valence-electron chi connectivity index (χ1n) is 6.03. The number of nitrogens with two attached hydrogens (primary N) is 1. The standard InChI is InChI=1S/C13H16N4O2/c1-2-9-18-10-5-3-4-6-11(10)19-12-7-8-15-13(16-12)17-14/h3-8H,2,9,14H2,1H3,(H,15,16,17). The predicted molar refractivity (Wildman–Crippen MR) is 72.1 cm³/mol. The number of anilines is 1. The van der Waals surface area contributed by atoms with Gasteiger partial charge in [-0.15, -0.1) is 0 Å². The number of aromatic nitrogens is 2. The van der Waals surface area contributed by atoms with Gasteiger partial charge < -0.3 is 9.47 Å². The van der Waals surface area contributed by atoms with Crippen molar-refractivity contribution in [1.82, 2.24) is 9.97 Å². The van der Waals surface area contributed by atoms with Crippen molar-refractivity contribution in [3.8, 4) is 17.4 Å². The molecule has 1 heterocycles. The number of hydrogen-bond donors (Lipinski definition) is 2. The summed E-state index contributed by atoms with van der Waals surface area (Å²) < 4.78 is 11.3. The van der Waals surface area contributed by atoms with Gasteiger partial charge in [0.25, 0.3) is 0 Å². The molecule has 3 N–H and O–H groups in total. The number of hydrogen-bond acceptors (Lipinski definition) is 6. The lowest BCUT2D eigenvalue weighted by molar-refractivity contribution is 0.301. The molecule has 0 aliphatic rings. The number of rotatable bonds is 6. The van der Waals surface area contributed by atoms with Crippen molar-refractivity contribution in [3.63, 3.8) is 0 Å². The molecule has 19 heavy (non-hydrogen) atoms. The van der Waals surface area contributed by atoms with Gasteiger partial charge in [0.2, 0.25) is 11.8 Å². The van der Waals surface area contributed by atoms with Gasteiger partial charge >= 0.3 is 0 Å². The van der Waals surface area contributed by atoms with Crippen molar-refractivity contribution in [2.24, 2.45) is 5.84 Å². The first kappa shape index (κ1) is 13.1. The van der Waals surface area contributed by atoms with Crippen LogP contribution in [0.1, 0.15) is 13.3 Å². The summed E-state index contributed by atoms with van der Waals surface area (Å²) in [6.07, 6.45) is 2.50. The van der Waals surface area contributed by atoms with E-state index in [1.165, 1.54) is 0 Å². The van der Waals surface area contributed by atoms with E-state index in [4.69, 9.17) is 15.3 Å². The maximum Gasteiger partial charge on any atom is 0.240 e. The van der Waals surface area contributed by atoms with Crippen LogP contribution in [0.3, 0.4) is 0 Å². The summed E-state index contributed by atoms with van der Waals surface area (Å²) in [6.45, 7) is 2.69. The SMILES string of the molecule is CCCOc1ccccc1Oc1ccnc(NN)n1. The number of hydrazine groups is 1. The number of nitrogens with zero attached hydrogens (tertiary/aromatic N) is 2. The number of nitrogens with one attached hydrogen (secondary N) is 1. The Bertz CT molecular complexity index is 534. The zero-order chi connectivity index (χ0) is 13.5. The molecule has 1 aromatic carbocycles. The summed E-state index contributed by atoms with van der Waals surface area (Å²) in [5.41, 5.74) is 2.37. The zero-order valence-corrected chi connectivity index (χ0v) is 10.7. The molecule has 6 heteroatoms. The van der Waals surface area contributed by atoms with Crippen LogP contribution >= 0.6 is 0 Å². The van der Waals surface area contributed by atoms with Crippen LogP contribution in [0.5, 0.6) is 17.4 Å². The number of nitrogen functional groups attached to an aromatic ring is 1. The topological polar surface area (TPSA) is 82.3 Å². The zero-order valence-electron chi connectivity index (χ0n) is 10.7. The van der Waals surface area contributed by atoms with Gasteiger partial charge in [0, 0.05) is 12.3 Å². The molecule has 2 aromatic rings. The van der Waals surface area contributed by atoms with E-state index in [0.717, 1.165) is 6.42 Å². The minimum atomic E-state index is 0.296. The largest absolute Gasteiger partial charge is 0.490 e. The van der Waals surface area contributed by atoms with Gasteiger partial charge in [-0.3, -0.25) is 5.43 Å². The first-order valence-corrected chi connectivity index (χ1v) is 6.03. The normalized spacial score (nSPS) is 10.0. The molecule has 2 rings (SSSR count). The van der Waals surface area contributed by atoms with Gasteiger partial charge in [-0.2, -0.15) is 4.98 Å². The van der Waals surface area contributed by atoms with Crippen molar-refractivity contribution >= 4 is 5.95 Å². The van der Waals surface area contributed by atoms with Gasteiger partial charge in [0.05, 0.1) is 6.61 Å². The van der Waals surface area contributed by atoms with E-state index in [1.54, 1.807) is 12.3 Å². The lowest BCUT2D eigenvalue weighted by Gasteiger charge is -2.11. The third kappa shape index (κ3) is 3.56. The molecule has 0 saturated carbocycles. The van der Waals surface area contributed by atoms with Crippen molar-refractivity contribution < 1.29 is 9.47 Å². The molecule has 0 aliphatic carbocycles. The maximum atomic E-state index is 5.68. The monoisotopic (exact) mass is 260 g/mol. The molecule has 100 valence electrons. The smallest absolute Gasteiger partial charge is 0.240 e. The van der Waals surface area contributed by atoms with Crippen LogP contribution in [0, 0.1) is 0 Å². The molecule has 0 saturated heterocycles. The quantitative estimate of drug-likeness (QED) is 0.612. The van der Waals surface area contributed by atoms with E-state index >= 15 is 0 Å². The first-order chi connectivity index (χ1) is 9.33. The van der Waals surface area contributed by atoms with Gasteiger partial charge in [0.1, 0.15) is 0 Å². The summed E-state index contributed by atoms with van der Waals surface area (Å²) in [5.74, 6) is 7.24. The van der Waals surface area contributed by atoms with Gasteiger partial charge in [-0.25, -0.2) is 10.8 Å². The Labute approximate surface area is 111 Å². The predicted octanol–water partition coefficient (Wildman–Crippen LogP) is 2.34. The van der Waals surface area contributed by atoms with Crippen LogP contribution < -0.4 is 20.7 Å². The second-order valence-electron chi connectivity index (χ2n) is 3.76. The van der Waals surface area contributed by atoms with Gasteiger partial charge in [-0.05, 0) is 18.6 Å². The molecule has 6 nitrogen and oxygen atoms in total. The number of benzene rings is 1. The molecule has 0 radical (unpaired) electrons. The fourth-order valence-corrected chi connectivity index (χ4v) is 1.45. The molecule has 0 atom stereocenters. The third-order valence-electron chi connectivity index (χ3n) is 2.28. The summed E-state index contributed by atoms with van der Waals surface area (Å²) in [5, 5.41) is 0. The lowest BCUT2D eigenvalue weighted by atomic mass is 10.3. The Morgan fingerprint density at radius 3 is 2.74 bits per heavy atom. The van der Waals surface area contributed by atoms with E-state index in [0.29, 0.717) is 29.9 Å². The highest BCUT2D eigenvalue weighted by Crippen LogP contribution is 2.30. The van der Waals surface area contributed by atoms with Crippen molar-refractivity contribution in [2.75, 3.05) is 12.0 Å². The van der Waals surface area contributed by atoms with Crippen molar-refractivity contribution in [1.29, 1.82) is 0 Å². The van der Waals surface area contributed by atoms with E-state index in [9.17, 15) is 0 Å². The van der Waals surface area contributed by atoms with Gasteiger partial charge in [-0.1, -0.05) is 19.1 Å². The highest BCUT2D eigenvalue weighted by molar-refractivity contribution is 5.42. The lowest BCUT2D eigenvalue weighted by Crippen LogP contribution is -2.10. The summed E-state index contributed by atoms with van der Waals surface area (Å²) in [4.78, 5) is 8.00. The summed E-state index contributed by atoms with van der Waals surface area (Å²) in [7, 11) is 0. The van der Waals surface area contributed by atoms with Crippen LogP contribution in [-0.2, 0) is 0 Å². The average Bonchev–Trinajstić information content (AvgIpc) is 2.46. The maximum absolute atomic E-state index is 5.68. The van der Waals surface area contributed by atoms with Crippen LogP contribution in [0.25, 0.3) is 0 Å². The summed E-state index contributed by atoms with van der Waals surface area (Å²) in [6, 6.07) is 9.09. The summed E-state index contributed by atoms with van der Waals surface area (Å²) >= 11 is 0. The van der Waals surface area contributed by atoms with E-state index < -0.39 is 0 Å². The third-order valence-corrected chi connectivity index (χ3v) is 2.28. The fourth-order valence-electron chi connectivity index (χ4n) is 1.45. The molecule has 0 amide bonds. The molecule has 0 aliphatic heterocycles. The van der Waals surface area contributed by atoms with Crippen LogP contribution in [-0.4, -0.2) is 16.6 Å². The Hall–Kier alpha value is -2.34. The van der Waals surface area contributed by atoms with Crippen LogP contribution in [0.4, 0.5) is 5.95 Å².